The van der Waals surface area contributed by atoms with Crippen LogP contribution >= 0.6 is 11.3 Å². The first kappa shape index (κ1) is 10.6. The normalized spacial score (nSPS) is 26.5. The summed E-state index contributed by atoms with van der Waals surface area (Å²) in [6.07, 6.45) is 2.78. The number of aryl methyl sites for hydroxylation is 1. The van der Waals surface area contributed by atoms with Crippen molar-refractivity contribution in [2.45, 2.75) is 38.3 Å². The molecule has 82 valence electrons. The van der Waals surface area contributed by atoms with E-state index in [1.807, 2.05) is 0 Å². The van der Waals surface area contributed by atoms with E-state index in [-0.39, 0.29) is 12.1 Å². The molecule has 1 aromatic rings. The number of rotatable bonds is 2. The van der Waals surface area contributed by atoms with Gasteiger partial charge in [0.15, 0.2) is 0 Å². The molecule has 2 N–H and O–H groups in total. The number of nitrogens with one attached hydrogen (secondary N) is 1. The predicted molar refractivity (Wildman–Crippen MR) is 60.2 cm³/mol. The molecule has 0 saturated carbocycles. The summed E-state index contributed by atoms with van der Waals surface area (Å²) >= 11 is 1.75. The Morgan fingerprint density at radius 1 is 1.53 bits per heavy atom. The fourth-order valence-electron chi connectivity index (χ4n) is 2.00. The van der Waals surface area contributed by atoms with Gasteiger partial charge < -0.3 is 5.11 Å². The van der Waals surface area contributed by atoms with Gasteiger partial charge in [0.25, 0.3) is 0 Å². The van der Waals surface area contributed by atoms with E-state index in [1.165, 1.54) is 9.75 Å². The Kier molecular flexibility index (Phi) is 3.07. The fraction of sp³-hybridized carbons (Fsp3) is 0.545. The average Bonchev–Trinajstić information content (AvgIpc) is 2.65. The topological polar surface area (TPSA) is 49.3 Å². The van der Waals surface area contributed by atoms with Crippen LogP contribution in [-0.4, -0.2) is 17.1 Å². The highest BCUT2D eigenvalue weighted by atomic mass is 32.1. The fourth-order valence-corrected chi connectivity index (χ4v) is 2.97. The minimum absolute atomic E-state index is 0.235. The summed E-state index contributed by atoms with van der Waals surface area (Å²) in [5.41, 5.74) is 0. The van der Waals surface area contributed by atoms with Crippen LogP contribution in [0.25, 0.3) is 0 Å². The maximum absolute atomic E-state index is 10.9. The Bertz CT molecular complexity index is 361. The number of thiophene rings is 1. The number of carboxylic acid groups (broad SMARTS) is 1. The van der Waals surface area contributed by atoms with Crippen LogP contribution in [0, 0.1) is 6.92 Å². The molecule has 0 amide bonds. The lowest BCUT2D eigenvalue weighted by molar-refractivity contribution is -0.140. The molecular weight excluding hydrogens is 210 g/mol. The van der Waals surface area contributed by atoms with Crippen molar-refractivity contribution in [3.8, 4) is 0 Å². The van der Waals surface area contributed by atoms with Gasteiger partial charge in [-0.25, -0.2) is 0 Å². The first-order valence-electron chi connectivity index (χ1n) is 5.22. The molecule has 15 heavy (non-hydrogen) atoms. The van der Waals surface area contributed by atoms with E-state index in [2.05, 4.69) is 24.4 Å². The van der Waals surface area contributed by atoms with Gasteiger partial charge in [-0.1, -0.05) is 0 Å². The Hall–Kier alpha value is -0.870. The summed E-state index contributed by atoms with van der Waals surface area (Å²) < 4.78 is 0. The molecule has 0 spiro atoms. The molecule has 3 nitrogen and oxygen atoms in total. The molecule has 0 radical (unpaired) electrons. The summed E-state index contributed by atoms with van der Waals surface area (Å²) in [7, 11) is 0. The molecule has 1 aliphatic heterocycles. The van der Waals surface area contributed by atoms with E-state index < -0.39 is 5.97 Å². The average molecular weight is 225 g/mol. The van der Waals surface area contributed by atoms with Crippen LogP contribution in [0.15, 0.2) is 12.1 Å². The third-order valence-corrected chi connectivity index (χ3v) is 3.91. The highest BCUT2D eigenvalue weighted by Crippen LogP contribution is 2.30. The number of aliphatic carboxylic acids is 1. The van der Waals surface area contributed by atoms with Crippen LogP contribution in [0.4, 0.5) is 0 Å². The van der Waals surface area contributed by atoms with Crippen molar-refractivity contribution in [2.24, 2.45) is 0 Å². The van der Waals surface area contributed by atoms with E-state index in [9.17, 15) is 4.79 Å². The van der Waals surface area contributed by atoms with Crippen molar-refractivity contribution in [1.82, 2.24) is 5.32 Å². The van der Waals surface area contributed by atoms with Crippen LogP contribution in [0.3, 0.4) is 0 Å². The van der Waals surface area contributed by atoms with Crippen LogP contribution in [0.1, 0.15) is 35.1 Å². The molecule has 1 saturated heterocycles. The maximum atomic E-state index is 10.9. The molecule has 1 fully saturated rings. The first-order valence-corrected chi connectivity index (χ1v) is 6.03. The Labute approximate surface area is 93.1 Å². The SMILES string of the molecule is Cc1ccc(C2CCCC(C(=O)O)N2)s1. The van der Waals surface area contributed by atoms with Gasteiger partial charge in [-0.3, -0.25) is 10.1 Å². The zero-order valence-electron chi connectivity index (χ0n) is 8.69. The predicted octanol–water partition coefficient (Wildman–Crippen LogP) is 2.32. The summed E-state index contributed by atoms with van der Waals surface area (Å²) in [4.78, 5) is 13.4. The van der Waals surface area contributed by atoms with Gasteiger partial charge >= 0.3 is 5.97 Å². The molecule has 0 aromatic carbocycles. The quantitative estimate of drug-likeness (QED) is 0.812. The highest BCUT2D eigenvalue weighted by Gasteiger charge is 2.27. The molecule has 0 aliphatic carbocycles. The van der Waals surface area contributed by atoms with E-state index in [0.29, 0.717) is 0 Å². The van der Waals surface area contributed by atoms with Crippen molar-refractivity contribution >= 4 is 17.3 Å². The second kappa shape index (κ2) is 4.33. The third kappa shape index (κ3) is 2.38. The van der Waals surface area contributed by atoms with Gasteiger partial charge in [0, 0.05) is 15.8 Å². The van der Waals surface area contributed by atoms with Crippen LogP contribution in [0.2, 0.25) is 0 Å². The second-order valence-corrected chi connectivity index (χ2v) is 5.31. The monoisotopic (exact) mass is 225 g/mol. The molecular formula is C11H15NO2S. The zero-order chi connectivity index (χ0) is 10.8. The van der Waals surface area contributed by atoms with Gasteiger partial charge in [0.2, 0.25) is 0 Å². The number of piperidine rings is 1. The van der Waals surface area contributed by atoms with Crippen LogP contribution < -0.4 is 5.32 Å². The molecule has 0 bridgehead atoms. The lowest BCUT2D eigenvalue weighted by Gasteiger charge is -2.27. The van der Waals surface area contributed by atoms with Gasteiger partial charge in [-0.15, -0.1) is 11.3 Å². The van der Waals surface area contributed by atoms with Gasteiger partial charge in [0.1, 0.15) is 6.04 Å². The summed E-state index contributed by atoms with van der Waals surface area (Å²) in [6, 6.07) is 4.05. The maximum Gasteiger partial charge on any atom is 0.320 e. The Morgan fingerprint density at radius 2 is 2.33 bits per heavy atom. The minimum atomic E-state index is -0.729. The Morgan fingerprint density at radius 3 is 2.93 bits per heavy atom. The Balaban J connectivity index is 2.07. The summed E-state index contributed by atoms with van der Waals surface area (Å²) in [6.45, 7) is 2.08. The zero-order valence-corrected chi connectivity index (χ0v) is 9.51. The van der Waals surface area contributed by atoms with Crippen molar-refractivity contribution < 1.29 is 9.90 Å². The molecule has 2 heterocycles. The van der Waals surface area contributed by atoms with Gasteiger partial charge in [-0.05, 0) is 38.3 Å². The largest absolute Gasteiger partial charge is 0.480 e. The van der Waals surface area contributed by atoms with E-state index >= 15 is 0 Å². The lowest BCUT2D eigenvalue weighted by atomic mass is 9.98. The van der Waals surface area contributed by atoms with Crippen molar-refractivity contribution in [3.05, 3.63) is 21.9 Å². The van der Waals surface area contributed by atoms with Crippen molar-refractivity contribution in [1.29, 1.82) is 0 Å². The van der Waals surface area contributed by atoms with E-state index in [1.54, 1.807) is 11.3 Å². The smallest absolute Gasteiger partial charge is 0.320 e. The molecule has 2 atom stereocenters. The lowest BCUT2D eigenvalue weighted by Crippen LogP contribution is -2.42. The van der Waals surface area contributed by atoms with Crippen LogP contribution in [0.5, 0.6) is 0 Å². The van der Waals surface area contributed by atoms with Crippen molar-refractivity contribution in [3.63, 3.8) is 0 Å². The summed E-state index contributed by atoms with van der Waals surface area (Å²) in [5.74, 6) is -0.729. The van der Waals surface area contributed by atoms with Crippen molar-refractivity contribution in [2.75, 3.05) is 0 Å². The minimum Gasteiger partial charge on any atom is -0.480 e. The van der Waals surface area contributed by atoms with Gasteiger partial charge in [0.05, 0.1) is 0 Å². The number of hydrogen-bond donors (Lipinski definition) is 2. The summed E-state index contributed by atoms with van der Waals surface area (Å²) in [5, 5.41) is 12.1. The molecule has 1 aromatic heterocycles. The number of hydrogen-bond acceptors (Lipinski definition) is 3. The molecule has 2 unspecified atom stereocenters. The number of carbonyl (C=O) groups is 1. The standard InChI is InChI=1S/C11H15NO2S/c1-7-5-6-10(15-7)8-3-2-4-9(12-8)11(13)14/h5-6,8-9,12H,2-4H2,1H3,(H,13,14). The van der Waals surface area contributed by atoms with E-state index in [4.69, 9.17) is 5.11 Å². The van der Waals surface area contributed by atoms with Crippen LogP contribution in [-0.2, 0) is 4.79 Å². The molecule has 4 heteroatoms. The third-order valence-electron chi connectivity index (χ3n) is 2.79. The molecule has 2 rings (SSSR count). The van der Waals surface area contributed by atoms with Gasteiger partial charge in [-0.2, -0.15) is 0 Å². The molecule has 1 aliphatic rings. The second-order valence-electron chi connectivity index (χ2n) is 3.99. The van der Waals surface area contributed by atoms with E-state index in [0.717, 1.165) is 19.3 Å². The number of carboxylic acids is 1. The highest BCUT2D eigenvalue weighted by molar-refractivity contribution is 7.12. The first-order chi connectivity index (χ1) is 7.16.